The van der Waals surface area contributed by atoms with Gasteiger partial charge in [-0.3, -0.25) is 0 Å². The van der Waals surface area contributed by atoms with Crippen molar-refractivity contribution in [3.05, 3.63) is 33.8 Å². The lowest BCUT2D eigenvalue weighted by molar-refractivity contribution is 0.628. The van der Waals surface area contributed by atoms with Crippen molar-refractivity contribution < 1.29 is 0 Å². The summed E-state index contributed by atoms with van der Waals surface area (Å²) in [5, 5.41) is 0. The summed E-state index contributed by atoms with van der Waals surface area (Å²) in [6, 6.07) is 6.62. The van der Waals surface area contributed by atoms with Gasteiger partial charge in [0.05, 0.1) is 0 Å². The molecule has 0 aliphatic heterocycles. The zero-order valence-corrected chi connectivity index (χ0v) is 8.19. The number of rotatable bonds is 0. The Kier molecular flexibility index (Phi) is 1.76. The van der Waals surface area contributed by atoms with Crippen molar-refractivity contribution in [3.63, 3.8) is 0 Å². The summed E-state index contributed by atoms with van der Waals surface area (Å²) in [4.78, 5) is 0. The van der Waals surface area contributed by atoms with Gasteiger partial charge in [0.25, 0.3) is 0 Å². The molecule has 1 atom stereocenters. The van der Waals surface area contributed by atoms with Gasteiger partial charge in [-0.2, -0.15) is 0 Å². The van der Waals surface area contributed by atoms with Gasteiger partial charge in [-0.1, -0.05) is 28.9 Å². The van der Waals surface area contributed by atoms with Crippen molar-refractivity contribution in [1.29, 1.82) is 0 Å². The Balaban J connectivity index is 2.43. The molecule has 0 amide bonds. The molecule has 1 aromatic carbocycles. The Morgan fingerprint density at radius 2 is 2.00 bits per heavy atom. The minimum Gasteiger partial charge on any atom is -0.0619 e. The van der Waals surface area contributed by atoms with Crippen molar-refractivity contribution in [2.45, 2.75) is 19.8 Å². The van der Waals surface area contributed by atoms with Gasteiger partial charge in [-0.05, 0) is 42.0 Å². The predicted octanol–water partition coefficient (Wildman–Crippen LogP) is 3.18. The first-order valence-electron chi connectivity index (χ1n) is 4.03. The molecule has 11 heavy (non-hydrogen) atoms. The molecule has 0 radical (unpaired) electrons. The SMILES string of the molecule is C[C@@H]1Cc2ccc(Br)cc2C1. The van der Waals surface area contributed by atoms with Crippen LogP contribution in [-0.4, -0.2) is 0 Å². The molecule has 0 spiro atoms. The van der Waals surface area contributed by atoms with Gasteiger partial charge in [0, 0.05) is 4.47 Å². The Hall–Kier alpha value is -0.300. The maximum Gasteiger partial charge on any atom is 0.0178 e. The summed E-state index contributed by atoms with van der Waals surface area (Å²) in [6.45, 7) is 2.31. The normalized spacial score (nSPS) is 21.8. The van der Waals surface area contributed by atoms with Crippen LogP contribution >= 0.6 is 15.9 Å². The first-order chi connectivity index (χ1) is 5.25. The van der Waals surface area contributed by atoms with Crippen LogP contribution in [0.3, 0.4) is 0 Å². The summed E-state index contributed by atoms with van der Waals surface area (Å²) >= 11 is 3.48. The van der Waals surface area contributed by atoms with Crippen LogP contribution in [0.15, 0.2) is 22.7 Å². The highest BCUT2D eigenvalue weighted by atomic mass is 79.9. The molecule has 58 valence electrons. The van der Waals surface area contributed by atoms with E-state index in [1.165, 1.54) is 22.9 Å². The molecule has 0 nitrogen and oxygen atoms in total. The van der Waals surface area contributed by atoms with Gasteiger partial charge in [-0.15, -0.1) is 0 Å². The van der Waals surface area contributed by atoms with E-state index in [-0.39, 0.29) is 0 Å². The lowest BCUT2D eigenvalue weighted by atomic mass is 10.1. The van der Waals surface area contributed by atoms with Crippen LogP contribution in [0.5, 0.6) is 0 Å². The highest BCUT2D eigenvalue weighted by molar-refractivity contribution is 9.10. The molecule has 0 unspecified atom stereocenters. The van der Waals surface area contributed by atoms with E-state index in [0.29, 0.717) is 0 Å². The molecular weight excluding hydrogens is 200 g/mol. The Bertz CT molecular complexity index is 278. The standard InChI is InChI=1S/C10H11Br/c1-7-4-8-2-3-10(11)6-9(8)5-7/h2-3,6-7H,4-5H2,1H3/t7-/m1/s1. The molecule has 1 aliphatic rings. The average molecular weight is 211 g/mol. The number of halogens is 1. The monoisotopic (exact) mass is 210 g/mol. The molecule has 0 heterocycles. The highest BCUT2D eigenvalue weighted by Gasteiger charge is 2.16. The third kappa shape index (κ3) is 1.34. The second-order valence-corrected chi connectivity index (χ2v) is 4.34. The summed E-state index contributed by atoms with van der Waals surface area (Å²) in [6.07, 6.45) is 2.53. The van der Waals surface area contributed by atoms with Crippen LogP contribution in [-0.2, 0) is 12.8 Å². The van der Waals surface area contributed by atoms with Gasteiger partial charge in [-0.25, -0.2) is 0 Å². The summed E-state index contributed by atoms with van der Waals surface area (Å²) in [5.74, 6) is 0.847. The van der Waals surface area contributed by atoms with Crippen molar-refractivity contribution >= 4 is 15.9 Å². The first-order valence-corrected chi connectivity index (χ1v) is 4.82. The summed E-state index contributed by atoms with van der Waals surface area (Å²) in [7, 11) is 0. The van der Waals surface area contributed by atoms with E-state index < -0.39 is 0 Å². The molecule has 0 fully saturated rings. The van der Waals surface area contributed by atoms with Gasteiger partial charge in [0.1, 0.15) is 0 Å². The lowest BCUT2D eigenvalue weighted by Gasteiger charge is -1.96. The Morgan fingerprint density at radius 1 is 1.27 bits per heavy atom. The average Bonchev–Trinajstić information content (AvgIpc) is 2.27. The van der Waals surface area contributed by atoms with E-state index in [9.17, 15) is 0 Å². The van der Waals surface area contributed by atoms with Crippen LogP contribution in [0.25, 0.3) is 0 Å². The largest absolute Gasteiger partial charge is 0.0619 e. The maximum absolute atomic E-state index is 3.48. The van der Waals surface area contributed by atoms with Crippen molar-refractivity contribution in [2.24, 2.45) is 5.92 Å². The number of benzene rings is 1. The van der Waals surface area contributed by atoms with E-state index in [0.717, 1.165) is 5.92 Å². The molecule has 1 heteroatoms. The van der Waals surface area contributed by atoms with Gasteiger partial charge in [0.2, 0.25) is 0 Å². The van der Waals surface area contributed by atoms with Crippen LogP contribution in [0.1, 0.15) is 18.1 Å². The lowest BCUT2D eigenvalue weighted by Crippen LogP contribution is -1.89. The first kappa shape index (κ1) is 7.35. The molecule has 1 aromatic rings. The number of fused-ring (bicyclic) bond motifs is 1. The van der Waals surface area contributed by atoms with Crippen LogP contribution < -0.4 is 0 Å². The number of hydrogen-bond acceptors (Lipinski definition) is 0. The van der Waals surface area contributed by atoms with Gasteiger partial charge in [0.15, 0.2) is 0 Å². The fraction of sp³-hybridized carbons (Fsp3) is 0.400. The zero-order chi connectivity index (χ0) is 7.84. The molecule has 1 aliphatic carbocycles. The maximum atomic E-state index is 3.48. The van der Waals surface area contributed by atoms with Crippen molar-refractivity contribution in [2.75, 3.05) is 0 Å². The van der Waals surface area contributed by atoms with E-state index in [2.05, 4.69) is 41.1 Å². The second kappa shape index (κ2) is 2.63. The fourth-order valence-corrected chi connectivity index (χ4v) is 2.22. The zero-order valence-electron chi connectivity index (χ0n) is 6.60. The van der Waals surface area contributed by atoms with Crippen LogP contribution in [0.4, 0.5) is 0 Å². The minimum atomic E-state index is 0.847. The predicted molar refractivity (Wildman–Crippen MR) is 50.7 cm³/mol. The highest BCUT2D eigenvalue weighted by Crippen LogP contribution is 2.28. The number of hydrogen-bond donors (Lipinski definition) is 0. The Morgan fingerprint density at radius 3 is 2.82 bits per heavy atom. The van der Waals surface area contributed by atoms with Crippen molar-refractivity contribution in [1.82, 2.24) is 0 Å². The van der Waals surface area contributed by atoms with Crippen LogP contribution in [0, 0.1) is 5.92 Å². The topological polar surface area (TPSA) is 0 Å². The molecular formula is C10H11Br. The smallest absolute Gasteiger partial charge is 0.0178 e. The quantitative estimate of drug-likeness (QED) is 0.618. The van der Waals surface area contributed by atoms with Crippen LogP contribution in [0.2, 0.25) is 0 Å². The van der Waals surface area contributed by atoms with Gasteiger partial charge >= 0.3 is 0 Å². The third-order valence-electron chi connectivity index (χ3n) is 2.31. The molecule has 0 saturated carbocycles. The molecule has 0 aromatic heterocycles. The fourth-order valence-electron chi connectivity index (χ4n) is 1.81. The Labute approximate surface area is 75.8 Å². The second-order valence-electron chi connectivity index (χ2n) is 3.43. The summed E-state index contributed by atoms with van der Waals surface area (Å²) in [5.41, 5.74) is 3.08. The molecule has 0 N–H and O–H groups in total. The third-order valence-corrected chi connectivity index (χ3v) is 2.80. The van der Waals surface area contributed by atoms with Crippen molar-refractivity contribution in [3.8, 4) is 0 Å². The van der Waals surface area contributed by atoms with E-state index >= 15 is 0 Å². The van der Waals surface area contributed by atoms with E-state index in [1.54, 1.807) is 5.56 Å². The minimum absolute atomic E-state index is 0.847. The summed E-state index contributed by atoms with van der Waals surface area (Å²) < 4.78 is 1.21. The molecule has 0 bridgehead atoms. The molecule has 2 rings (SSSR count). The molecule has 0 saturated heterocycles. The van der Waals surface area contributed by atoms with E-state index in [4.69, 9.17) is 0 Å². The van der Waals surface area contributed by atoms with Gasteiger partial charge < -0.3 is 0 Å². The van der Waals surface area contributed by atoms with E-state index in [1.807, 2.05) is 0 Å².